The van der Waals surface area contributed by atoms with Crippen LogP contribution in [0.25, 0.3) is 0 Å². The normalized spacial score (nSPS) is 21.0. The summed E-state index contributed by atoms with van der Waals surface area (Å²) >= 11 is 0. The highest BCUT2D eigenvalue weighted by molar-refractivity contribution is 5.09. The molecule has 0 fully saturated rings. The molecule has 0 aromatic rings. The molecule has 0 saturated carbocycles. The monoisotopic (exact) mass is 127 g/mol. The summed E-state index contributed by atoms with van der Waals surface area (Å²) in [4.78, 5) is 2.11. The van der Waals surface area contributed by atoms with Gasteiger partial charge in [0.15, 0.2) is 0 Å². The van der Waals surface area contributed by atoms with Crippen molar-refractivity contribution in [1.29, 1.82) is 0 Å². The molecule has 1 aliphatic rings. The van der Waals surface area contributed by atoms with E-state index in [2.05, 4.69) is 18.7 Å². The fourth-order valence-electron chi connectivity index (χ4n) is 0.863. The van der Waals surface area contributed by atoms with Crippen LogP contribution in [0, 0.1) is 0 Å². The van der Waals surface area contributed by atoms with E-state index >= 15 is 0 Å². The van der Waals surface area contributed by atoms with Gasteiger partial charge < -0.3 is 9.64 Å². The van der Waals surface area contributed by atoms with Crippen molar-refractivity contribution in [2.24, 2.45) is 0 Å². The predicted octanol–water partition coefficient (Wildman–Crippen LogP) is 1.20. The summed E-state index contributed by atoms with van der Waals surface area (Å²) in [5, 5.41) is 0. The Morgan fingerprint density at radius 3 is 2.56 bits per heavy atom. The number of ether oxygens (including phenoxy) is 1. The molecule has 0 aliphatic carbocycles. The molecule has 1 aliphatic heterocycles. The molecule has 0 saturated heterocycles. The van der Waals surface area contributed by atoms with Crippen molar-refractivity contribution in [3.05, 3.63) is 11.3 Å². The van der Waals surface area contributed by atoms with Crippen LogP contribution in [-0.4, -0.2) is 25.3 Å². The van der Waals surface area contributed by atoms with E-state index in [1.54, 1.807) is 0 Å². The number of nitrogens with zero attached hydrogens (tertiary/aromatic N) is 1. The van der Waals surface area contributed by atoms with Gasteiger partial charge in [0.25, 0.3) is 0 Å². The first-order valence-electron chi connectivity index (χ1n) is 3.17. The third kappa shape index (κ3) is 1.24. The quantitative estimate of drug-likeness (QED) is 0.485. The first-order valence-corrected chi connectivity index (χ1v) is 3.17. The van der Waals surface area contributed by atoms with Gasteiger partial charge >= 0.3 is 0 Å². The second kappa shape index (κ2) is 2.40. The van der Waals surface area contributed by atoms with Crippen molar-refractivity contribution in [2.45, 2.75) is 13.8 Å². The smallest absolute Gasteiger partial charge is 0.118 e. The Hall–Kier alpha value is -0.500. The Labute approximate surface area is 56.1 Å². The molecule has 0 aromatic heterocycles. The number of rotatable bonds is 0. The van der Waals surface area contributed by atoms with Crippen LogP contribution in [0.15, 0.2) is 11.3 Å². The molecule has 0 N–H and O–H groups in total. The summed E-state index contributed by atoms with van der Waals surface area (Å²) in [7, 11) is 2.04. The lowest BCUT2D eigenvalue weighted by molar-refractivity contribution is 0.0547. The van der Waals surface area contributed by atoms with Crippen LogP contribution < -0.4 is 0 Å². The lowest BCUT2D eigenvalue weighted by Gasteiger charge is -2.26. The molecule has 1 rings (SSSR count). The average molecular weight is 127 g/mol. The van der Waals surface area contributed by atoms with Gasteiger partial charge in [-0.2, -0.15) is 0 Å². The van der Waals surface area contributed by atoms with Crippen molar-refractivity contribution < 1.29 is 4.74 Å². The highest BCUT2D eigenvalue weighted by Crippen LogP contribution is 2.12. The highest BCUT2D eigenvalue weighted by atomic mass is 16.5. The molecule has 0 amide bonds. The maximum atomic E-state index is 5.23. The SMILES string of the molecule is CC1=C(C)N(C)COC1. The van der Waals surface area contributed by atoms with Gasteiger partial charge in [0.05, 0.1) is 6.61 Å². The van der Waals surface area contributed by atoms with Crippen LogP contribution in [-0.2, 0) is 4.74 Å². The van der Waals surface area contributed by atoms with Gasteiger partial charge in [-0.15, -0.1) is 0 Å². The maximum Gasteiger partial charge on any atom is 0.118 e. The Bertz CT molecular complexity index is 140. The van der Waals surface area contributed by atoms with Crippen LogP contribution in [0.1, 0.15) is 13.8 Å². The summed E-state index contributed by atoms with van der Waals surface area (Å²) in [6, 6.07) is 0. The third-order valence-corrected chi connectivity index (χ3v) is 1.79. The van der Waals surface area contributed by atoms with E-state index < -0.39 is 0 Å². The molecular formula is C7H13NO. The van der Waals surface area contributed by atoms with E-state index in [-0.39, 0.29) is 0 Å². The summed E-state index contributed by atoms with van der Waals surface area (Å²) in [6.45, 7) is 5.77. The van der Waals surface area contributed by atoms with Gasteiger partial charge in [-0.05, 0) is 19.4 Å². The lowest BCUT2D eigenvalue weighted by Crippen LogP contribution is -2.26. The van der Waals surface area contributed by atoms with E-state index in [4.69, 9.17) is 4.74 Å². The van der Waals surface area contributed by atoms with E-state index in [0.29, 0.717) is 0 Å². The molecule has 9 heavy (non-hydrogen) atoms. The number of hydrogen-bond donors (Lipinski definition) is 0. The molecule has 0 radical (unpaired) electrons. The van der Waals surface area contributed by atoms with Gasteiger partial charge in [0, 0.05) is 12.7 Å². The molecule has 0 atom stereocenters. The minimum absolute atomic E-state index is 0.739. The largest absolute Gasteiger partial charge is 0.357 e. The van der Waals surface area contributed by atoms with E-state index in [0.717, 1.165) is 13.3 Å². The van der Waals surface area contributed by atoms with Crippen LogP contribution >= 0.6 is 0 Å². The molecule has 2 nitrogen and oxygen atoms in total. The molecule has 0 aromatic carbocycles. The van der Waals surface area contributed by atoms with Crippen molar-refractivity contribution in [3.8, 4) is 0 Å². The topological polar surface area (TPSA) is 12.5 Å². The third-order valence-electron chi connectivity index (χ3n) is 1.79. The molecule has 0 spiro atoms. The van der Waals surface area contributed by atoms with Gasteiger partial charge in [-0.25, -0.2) is 0 Å². The summed E-state index contributed by atoms with van der Waals surface area (Å²) in [5.74, 6) is 0. The predicted molar refractivity (Wildman–Crippen MR) is 37.0 cm³/mol. The standard InChI is InChI=1S/C7H13NO/c1-6-4-9-5-8(3)7(6)2/h4-5H2,1-3H3. The highest BCUT2D eigenvalue weighted by Gasteiger charge is 2.08. The van der Waals surface area contributed by atoms with Crippen LogP contribution in [0.4, 0.5) is 0 Å². The molecule has 1 heterocycles. The second-order valence-electron chi connectivity index (χ2n) is 2.54. The Morgan fingerprint density at radius 2 is 2.11 bits per heavy atom. The van der Waals surface area contributed by atoms with Gasteiger partial charge in [-0.1, -0.05) is 0 Å². The fourth-order valence-corrected chi connectivity index (χ4v) is 0.863. The average Bonchev–Trinajstić information content (AvgIpc) is 1.83. The minimum atomic E-state index is 0.739. The van der Waals surface area contributed by atoms with Crippen molar-refractivity contribution >= 4 is 0 Å². The van der Waals surface area contributed by atoms with Crippen molar-refractivity contribution in [2.75, 3.05) is 20.4 Å². The molecular weight excluding hydrogens is 114 g/mol. The molecule has 2 heteroatoms. The maximum absolute atomic E-state index is 5.23. The van der Waals surface area contributed by atoms with E-state index in [1.807, 2.05) is 7.05 Å². The molecule has 52 valence electrons. The van der Waals surface area contributed by atoms with Gasteiger partial charge in [0.1, 0.15) is 6.73 Å². The van der Waals surface area contributed by atoms with Gasteiger partial charge in [-0.3, -0.25) is 0 Å². The van der Waals surface area contributed by atoms with Gasteiger partial charge in [0.2, 0.25) is 0 Å². The zero-order valence-corrected chi connectivity index (χ0v) is 6.27. The van der Waals surface area contributed by atoms with Crippen molar-refractivity contribution in [1.82, 2.24) is 4.90 Å². The first-order chi connectivity index (χ1) is 4.22. The Balaban J connectivity index is 2.72. The molecule has 0 unspecified atom stereocenters. The molecule has 0 bridgehead atoms. The van der Waals surface area contributed by atoms with E-state index in [1.165, 1.54) is 11.3 Å². The van der Waals surface area contributed by atoms with Crippen LogP contribution in [0.2, 0.25) is 0 Å². The van der Waals surface area contributed by atoms with E-state index in [9.17, 15) is 0 Å². The second-order valence-corrected chi connectivity index (χ2v) is 2.54. The zero-order valence-electron chi connectivity index (χ0n) is 6.27. The fraction of sp³-hybridized carbons (Fsp3) is 0.714. The summed E-state index contributed by atoms with van der Waals surface area (Å²) in [6.07, 6.45) is 0. The lowest BCUT2D eigenvalue weighted by atomic mass is 10.2. The Kier molecular flexibility index (Phi) is 1.76. The van der Waals surface area contributed by atoms with Crippen LogP contribution in [0.5, 0.6) is 0 Å². The number of allylic oxidation sites excluding steroid dienone is 1. The van der Waals surface area contributed by atoms with Crippen LogP contribution in [0.3, 0.4) is 0 Å². The zero-order chi connectivity index (χ0) is 6.85. The first kappa shape index (κ1) is 6.62. The van der Waals surface area contributed by atoms with Crippen molar-refractivity contribution in [3.63, 3.8) is 0 Å². The minimum Gasteiger partial charge on any atom is -0.357 e. The number of hydrogen-bond acceptors (Lipinski definition) is 2. The summed E-state index contributed by atoms with van der Waals surface area (Å²) in [5.41, 5.74) is 2.69. The summed E-state index contributed by atoms with van der Waals surface area (Å²) < 4.78 is 5.23. The Morgan fingerprint density at radius 1 is 1.44 bits per heavy atom.